The van der Waals surface area contributed by atoms with Gasteiger partial charge in [0, 0.05) is 32.2 Å². The molecule has 0 spiro atoms. The number of nitrogens with zero attached hydrogens (tertiary/aromatic N) is 1. The molecule has 0 radical (unpaired) electrons. The lowest BCUT2D eigenvalue weighted by Crippen LogP contribution is -2.29. The summed E-state index contributed by atoms with van der Waals surface area (Å²) in [5.74, 6) is -0.0320. The number of nitrogens with one attached hydrogen (secondary N) is 1. The van der Waals surface area contributed by atoms with Crippen LogP contribution in [0.5, 0.6) is 0 Å². The highest BCUT2D eigenvalue weighted by Gasteiger charge is 2.15. The highest BCUT2D eigenvalue weighted by atomic mass is 16.1. The minimum absolute atomic E-state index is 0.0320. The fourth-order valence-electron chi connectivity index (χ4n) is 2.84. The number of hydrogen-bond donors (Lipinski definition) is 1. The highest BCUT2D eigenvalue weighted by molar-refractivity contribution is 5.88. The molecule has 1 heterocycles. The quantitative estimate of drug-likeness (QED) is 0.936. The van der Waals surface area contributed by atoms with Crippen molar-refractivity contribution in [2.24, 2.45) is 0 Å². The van der Waals surface area contributed by atoms with Gasteiger partial charge in [-0.1, -0.05) is 36.4 Å². The number of anilines is 1. The second-order valence-corrected chi connectivity index (χ2v) is 5.61. The topological polar surface area (TPSA) is 32.3 Å². The Morgan fingerprint density at radius 1 is 1.10 bits per heavy atom. The third-order valence-corrected chi connectivity index (χ3v) is 3.89. The van der Waals surface area contributed by atoms with Crippen molar-refractivity contribution in [3.63, 3.8) is 0 Å². The summed E-state index contributed by atoms with van der Waals surface area (Å²) in [6.07, 6.45) is 1.13. The molecule has 0 atom stereocenters. The summed E-state index contributed by atoms with van der Waals surface area (Å²) < 4.78 is 0. The van der Waals surface area contributed by atoms with Gasteiger partial charge in [-0.2, -0.15) is 0 Å². The Bertz CT molecular complexity index is 634. The standard InChI is InChI=1S/C18H20N2O/c1-14(21)19-18-8-6-15(7-9-18)12-20-11-10-16-4-2-3-5-17(16)13-20/h2-9H,10-13H2,1H3,(H,19,21). The summed E-state index contributed by atoms with van der Waals surface area (Å²) >= 11 is 0. The van der Waals surface area contributed by atoms with Gasteiger partial charge >= 0.3 is 0 Å². The van der Waals surface area contributed by atoms with E-state index >= 15 is 0 Å². The van der Waals surface area contributed by atoms with E-state index in [-0.39, 0.29) is 5.91 Å². The lowest BCUT2D eigenvalue weighted by Gasteiger charge is -2.28. The first-order valence-electron chi connectivity index (χ1n) is 7.36. The molecule has 1 aliphatic heterocycles. The molecule has 0 fully saturated rings. The van der Waals surface area contributed by atoms with Crippen LogP contribution in [0, 0.1) is 0 Å². The van der Waals surface area contributed by atoms with E-state index in [9.17, 15) is 4.79 Å². The minimum atomic E-state index is -0.0320. The number of carbonyl (C=O) groups is 1. The van der Waals surface area contributed by atoms with Crippen LogP contribution in [0.2, 0.25) is 0 Å². The zero-order chi connectivity index (χ0) is 14.7. The molecule has 3 rings (SSSR count). The summed E-state index contributed by atoms with van der Waals surface area (Å²) in [5.41, 5.74) is 5.06. The van der Waals surface area contributed by atoms with Crippen molar-refractivity contribution in [3.05, 3.63) is 65.2 Å². The van der Waals surface area contributed by atoms with Crippen molar-refractivity contribution >= 4 is 11.6 Å². The minimum Gasteiger partial charge on any atom is -0.326 e. The molecule has 3 nitrogen and oxygen atoms in total. The van der Waals surface area contributed by atoms with Gasteiger partial charge in [-0.15, -0.1) is 0 Å². The van der Waals surface area contributed by atoms with Crippen molar-refractivity contribution in [1.82, 2.24) is 4.90 Å². The van der Waals surface area contributed by atoms with Crippen LogP contribution < -0.4 is 5.32 Å². The number of amides is 1. The van der Waals surface area contributed by atoms with E-state index in [1.807, 2.05) is 12.1 Å². The Morgan fingerprint density at radius 2 is 1.81 bits per heavy atom. The Kier molecular flexibility index (Phi) is 4.02. The molecule has 21 heavy (non-hydrogen) atoms. The molecule has 0 unspecified atom stereocenters. The van der Waals surface area contributed by atoms with Crippen LogP contribution in [0.3, 0.4) is 0 Å². The van der Waals surface area contributed by atoms with E-state index in [1.54, 1.807) is 0 Å². The lowest BCUT2D eigenvalue weighted by atomic mass is 9.99. The van der Waals surface area contributed by atoms with Crippen LogP contribution in [0.25, 0.3) is 0 Å². The van der Waals surface area contributed by atoms with Crippen LogP contribution in [0.4, 0.5) is 5.69 Å². The average molecular weight is 280 g/mol. The van der Waals surface area contributed by atoms with Gasteiger partial charge in [0.05, 0.1) is 0 Å². The van der Waals surface area contributed by atoms with E-state index < -0.39 is 0 Å². The fourth-order valence-corrected chi connectivity index (χ4v) is 2.84. The predicted octanol–water partition coefficient (Wildman–Crippen LogP) is 3.20. The van der Waals surface area contributed by atoms with Crippen molar-refractivity contribution < 1.29 is 4.79 Å². The number of hydrogen-bond acceptors (Lipinski definition) is 2. The molecule has 108 valence electrons. The Hall–Kier alpha value is -2.13. The first-order chi connectivity index (χ1) is 10.2. The SMILES string of the molecule is CC(=O)Nc1ccc(CN2CCc3ccccc3C2)cc1. The molecule has 0 bridgehead atoms. The smallest absolute Gasteiger partial charge is 0.221 e. The van der Waals surface area contributed by atoms with Crippen molar-refractivity contribution in [2.45, 2.75) is 26.4 Å². The van der Waals surface area contributed by atoms with E-state index in [4.69, 9.17) is 0 Å². The number of benzene rings is 2. The summed E-state index contributed by atoms with van der Waals surface area (Å²) in [6.45, 7) is 4.60. The molecule has 1 amide bonds. The molecule has 0 saturated heterocycles. The van der Waals surface area contributed by atoms with Crippen LogP contribution >= 0.6 is 0 Å². The molecular formula is C18H20N2O. The molecule has 0 aliphatic carbocycles. The highest BCUT2D eigenvalue weighted by Crippen LogP contribution is 2.20. The monoisotopic (exact) mass is 280 g/mol. The van der Waals surface area contributed by atoms with Crippen LogP contribution in [-0.4, -0.2) is 17.4 Å². The third kappa shape index (κ3) is 3.50. The maximum absolute atomic E-state index is 11.0. The first-order valence-corrected chi connectivity index (χ1v) is 7.36. The lowest BCUT2D eigenvalue weighted by molar-refractivity contribution is -0.114. The Balaban J connectivity index is 1.64. The molecule has 1 aliphatic rings. The summed E-state index contributed by atoms with van der Waals surface area (Å²) in [6, 6.07) is 16.8. The van der Waals surface area contributed by atoms with Crippen molar-refractivity contribution in [3.8, 4) is 0 Å². The summed E-state index contributed by atoms with van der Waals surface area (Å²) in [4.78, 5) is 13.5. The van der Waals surface area contributed by atoms with Gasteiger partial charge in [-0.05, 0) is 35.2 Å². The fraction of sp³-hybridized carbons (Fsp3) is 0.278. The number of fused-ring (bicyclic) bond motifs is 1. The average Bonchev–Trinajstić information content (AvgIpc) is 2.49. The van der Waals surface area contributed by atoms with Gasteiger partial charge in [0.1, 0.15) is 0 Å². The first kappa shape index (κ1) is 13.8. The maximum atomic E-state index is 11.0. The largest absolute Gasteiger partial charge is 0.326 e. The number of rotatable bonds is 3. The molecular weight excluding hydrogens is 260 g/mol. The van der Waals surface area contributed by atoms with E-state index in [0.29, 0.717) is 0 Å². The van der Waals surface area contributed by atoms with Crippen LogP contribution in [0.1, 0.15) is 23.6 Å². The second-order valence-electron chi connectivity index (χ2n) is 5.61. The van der Waals surface area contributed by atoms with Crippen LogP contribution in [-0.2, 0) is 24.3 Å². The van der Waals surface area contributed by atoms with Gasteiger partial charge in [0.25, 0.3) is 0 Å². The van der Waals surface area contributed by atoms with Gasteiger partial charge in [0.2, 0.25) is 5.91 Å². The maximum Gasteiger partial charge on any atom is 0.221 e. The molecule has 0 saturated carbocycles. The number of carbonyl (C=O) groups excluding carboxylic acids is 1. The van der Waals surface area contributed by atoms with Crippen molar-refractivity contribution in [2.75, 3.05) is 11.9 Å². The summed E-state index contributed by atoms with van der Waals surface area (Å²) in [7, 11) is 0. The molecule has 0 aromatic heterocycles. The van der Waals surface area contributed by atoms with Crippen LogP contribution in [0.15, 0.2) is 48.5 Å². The van der Waals surface area contributed by atoms with E-state index in [1.165, 1.54) is 23.6 Å². The normalized spacial score (nSPS) is 14.5. The van der Waals surface area contributed by atoms with Gasteiger partial charge < -0.3 is 5.32 Å². The van der Waals surface area contributed by atoms with Crippen molar-refractivity contribution in [1.29, 1.82) is 0 Å². The molecule has 1 N–H and O–H groups in total. The predicted molar refractivity (Wildman–Crippen MR) is 85.0 cm³/mol. The summed E-state index contributed by atoms with van der Waals surface area (Å²) in [5, 5.41) is 2.80. The molecule has 2 aromatic rings. The zero-order valence-electron chi connectivity index (χ0n) is 12.3. The third-order valence-electron chi connectivity index (χ3n) is 3.89. The second kappa shape index (κ2) is 6.10. The van der Waals surface area contributed by atoms with E-state index in [2.05, 4.69) is 46.6 Å². The van der Waals surface area contributed by atoms with Gasteiger partial charge in [-0.3, -0.25) is 9.69 Å². The Morgan fingerprint density at radius 3 is 2.52 bits per heavy atom. The van der Waals surface area contributed by atoms with Gasteiger partial charge in [0.15, 0.2) is 0 Å². The van der Waals surface area contributed by atoms with E-state index in [0.717, 1.165) is 31.7 Å². The van der Waals surface area contributed by atoms with Gasteiger partial charge in [-0.25, -0.2) is 0 Å². The zero-order valence-corrected chi connectivity index (χ0v) is 12.3. The molecule has 2 aromatic carbocycles. The molecule has 3 heteroatoms. The Labute approximate surface area is 125 Å².